The van der Waals surface area contributed by atoms with Crippen molar-refractivity contribution in [3.05, 3.63) is 29.8 Å². The van der Waals surface area contributed by atoms with Gasteiger partial charge >= 0.3 is 0 Å². The van der Waals surface area contributed by atoms with Crippen LogP contribution in [0.2, 0.25) is 0 Å². The molecule has 1 aromatic rings. The number of hydrogen-bond donors (Lipinski definition) is 2. The van der Waals surface area contributed by atoms with Gasteiger partial charge in [-0.3, -0.25) is 0 Å². The predicted molar refractivity (Wildman–Crippen MR) is 78.1 cm³/mol. The van der Waals surface area contributed by atoms with Gasteiger partial charge in [0.2, 0.25) is 0 Å². The van der Waals surface area contributed by atoms with Gasteiger partial charge < -0.3 is 24.6 Å². The molecule has 5 heteroatoms. The van der Waals surface area contributed by atoms with Gasteiger partial charge in [-0.15, -0.1) is 0 Å². The van der Waals surface area contributed by atoms with Crippen LogP contribution in [0.1, 0.15) is 18.5 Å². The van der Waals surface area contributed by atoms with Crippen LogP contribution in [0.15, 0.2) is 24.3 Å². The monoisotopic (exact) mass is 283 g/mol. The summed E-state index contributed by atoms with van der Waals surface area (Å²) in [6, 6.07) is 7.95. The third-order valence-corrected chi connectivity index (χ3v) is 3.01. The molecular weight excluding hydrogens is 258 g/mol. The zero-order valence-electron chi connectivity index (χ0n) is 12.5. The molecule has 1 aromatic carbocycles. The van der Waals surface area contributed by atoms with E-state index in [0.29, 0.717) is 26.4 Å². The summed E-state index contributed by atoms with van der Waals surface area (Å²) in [5.41, 5.74) is 1.07. The van der Waals surface area contributed by atoms with Gasteiger partial charge in [0.25, 0.3) is 0 Å². The molecule has 0 aromatic heterocycles. The first kappa shape index (κ1) is 16.9. The third kappa shape index (κ3) is 5.88. The van der Waals surface area contributed by atoms with Crippen molar-refractivity contribution in [2.45, 2.75) is 19.1 Å². The summed E-state index contributed by atoms with van der Waals surface area (Å²) < 4.78 is 15.5. The van der Waals surface area contributed by atoms with Crippen LogP contribution in [0.3, 0.4) is 0 Å². The number of aliphatic hydroxyl groups is 1. The van der Waals surface area contributed by atoms with Crippen molar-refractivity contribution in [2.24, 2.45) is 0 Å². The molecule has 0 bridgehead atoms. The highest BCUT2D eigenvalue weighted by molar-refractivity contribution is 5.35. The lowest BCUT2D eigenvalue weighted by molar-refractivity contribution is 0.0130. The number of aliphatic hydroxyl groups excluding tert-OH is 1. The summed E-state index contributed by atoms with van der Waals surface area (Å²) in [6.45, 7) is 3.84. The van der Waals surface area contributed by atoms with Crippen LogP contribution in [-0.2, 0) is 9.47 Å². The lowest BCUT2D eigenvalue weighted by Crippen LogP contribution is -2.32. The molecule has 0 saturated heterocycles. The Morgan fingerprint density at radius 1 is 1.20 bits per heavy atom. The Kier molecular flexibility index (Phi) is 8.22. The Balaban J connectivity index is 2.33. The topological polar surface area (TPSA) is 60.0 Å². The van der Waals surface area contributed by atoms with Crippen molar-refractivity contribution in [1.29, 1.82) is 0 Å². The summed E-state index contributed by atoms with van der Waals surface area (Å²) in [6.07, 6.45) is -0.538. The van der Waals surface area contributed by atoms with Crippen molar-refractivity contribution in [3.8, 4) is 5.75 Å². The van der Waals surface area contributed by atoms with E-state index in [2.05, 4.69) is 5.32 Å². The average molecular weight is 283 g/mol. The van der Waals surface area contributed by atoms with Gasteiger partial charge in [-0.25, -0.2) is 0 Å². The Morgan fingerprint density at radius 3 is 2.65 bits per heavy atom. The first-order chi connectivity index (χ1) is 9.69. The molecule has 5 nitrogen and oxygen atoms in total. The minimum Gasteiger partial charge on any atom is -0.496 e. The maximum Gasteiger partial charge on any atom is 0.123 e. The molecule has 2 atom stereocenters. The first-order valence-electron chi connectivity index (χ1n) is 6.80. The maximum atomic E-state index is 9.81. The molecule has 0 aliphatic heterocycles. The molecule has 20 heavy (non-hydrogen) atoms. The SMILES string of the molecule is COCCOCC(O)CN[C@H](C)c1ccccc1OC. The van der Waals surface area contributed by atoms with Crippen molar-refractivity contribution >= 4 is 0 Å². The zero-order valence-corrected chi connectivity index (χ0v) is 12.5. The number of para-hydroxylation sites is 1. The predicted octanol–water partition coefficient (Wildman–Crippen LogP) is 1.37. The van der Waals surface area contributed by atoms with Gasteiger partial charge in [0, 0.05) is 25.3 Å². The fourth-order valence-electron chi connectivity index (χ4n) is 1.87. The third-order valence-electron chi connectivity index (χ3n) is 3.01. The van der Waals surface area contributed by atoms with Gasteiger partial charge in [0.1, 0.15) is 5.75 Å². The molecule has 0 saturated carbocycles. The molecule has 1 rings (SSSR count). The highest BCUT2D eigenvalue weighted by Gasteiger charge is 2.12. The lowest BCUT2D eigenvalue weighted by atomic mass is 10.1. The van der Waals surface area contributed by atoms with E-state index in [0.717, 1.165) is 11.3 Å². The fraction of sp³-hybridized carbons (Fsp3) is 0.600. The van der Waals surface area contributed by atoms with Crippen LogP contribution >= 0.6 is 0 Å². The minimum absolute atomic E-state index is 0.0970. The van der Waals surface area contributed by atoms with Crippen LogP contribution in [0.25, 0.3) is 0 Å². The lowest BCUT2D eigenvalue weighted by Gasteiger charge is -2.19. The van der Waals surface area contributed by atoms with Crippen LogP contribution in [0.5, 0.6) is 5.75 Å². The number of rotatable bonds is 10. The fourth-order valence-corrected chi connectivity index (χ4v) is 1.87. The van der Waals surface area contributed by atoms with Crippen LogP contribution in [0.4, 0.5) is 0 Å². The Bertz CT molecular complexity index is 373. The first-order valence-corrected chi connectivity index (χ1v) is 6.80. The average Bonchev–Trinajstić information content (AvgIpc) is 2.49. The number of ether oxygens (including phenoxy) is 3. The number of benzene rings is 1. The number of nitrogens with one attached hydrogen (secondary N) is 1. The van der Waals surface area contributed by atoms with Crippen molar-refractivity contribution in [3.63, 3.8) is 0 Å². The van der Waals surface area contributed by atoms with E-state index in [9.17, 15) is 5.11 Å². The molecular formula is C15H25NO4. The second-order valence-corrected chi connectivity index (χ2v) is 4.59. The van der Waals surface area contributed by atoms with E-state index < -0.39 is 6.10 Å². The van der Waals surface area contributed by atoms with Gasteiger partial charge in [0.15, 0.2) is 0 Å². The van der Waals surface area contributed by atoms with Crippen LogP contribution in [-0.4, -0.2) is 51.8 Å². The maximum absolute atomic E-state index is 9.81. The highest BCUT2D eigenvalue weighted by atomic mass is 16.5. The summed E-state index contributed by atoms with van der Waals surface area (Å²) in [5.74, 6) is 0.846. The molecule has 0 aliphatic carbocycles. The number of methoxy groups -OCH3 is 2. The second kappa shape index (κ2) is 9.72. The summed E-state index contributed by atoms with van der Waals surface area (Å²) >= 11 is 0. The van der Waals surface area contributed by atoms with Gasteiger partial charge in [-0.2, -0.15) is 0 Å². The summed E-state index contributed by atoms with van der Waals surface area (Å²) in [7, 11) is 3.28. The van der Waals surface area contributed by atoms with Gasteiger partial charge in [-0.1, -0.05) is 18.2 Å². The molecule has 0 amide bonds. The van der Waals surface area contributed by atoms with E-state index in [1.165, 1.54) is 0 Å². The van der Waals surface area contributed by atoms with Crippen molar-refractivity contribution in [2.75, 3.05) is 40.6 Å². The molecule has 1 unspecified atom stereocenters. The largest absolute Gasteiger partial charge is 0.496 e. The van der Waals surface area contributed by atoms with E-state index in [4.69, 9.17) is 14.2 Å². The summed E-state index contributed by atoms with van der Waals surface area (Å²) in [5, 5.41) is 13.1. The van der Waals surface area contributed by atoms with E-state index in [1.807, 2.05) is 31.2 Å². The zero-order chi connectivity index (χ0) is 14.8. The Morgan fingerprint density at radius 2 is 1.95 bits per heavy atom. The molecule has 0 aliphatic rings. The van der Waals surface area contributed by atoms with Gasteiger partial charge in [0.05, 0.1) is 33.0 Å². The Labute approximate surface area is 120 Å². The second-order valence-electron chi connectivity index (χ2n) is 4.59. The molecule has 114 valence electrons. The quantitative estimate of drug-likeness (QED) is 0.635. The minimum atomic E-state index is -0.538. The van der Waals surface area contributed by atoms with E-state index in [-0.39, 0.29) is 6.04 Å². The van der Waals surface area contributed by atoms with Crippen LogP contribution < -0.4 is 10.1 Å². The van der Waals surface area contributed by atoms with E-state index in [1.54, 1.807) is 14.2 Å². The van der Waals surface area contributed by atoms with Gasteiger partial charge in [-0.05, 0) is 13.0 Å². The van der Waals surface area contributed by atoms with Crippen LogP contribution in [0, 0.1) is 0 Å². The highest BCUT2D eigenvalue weighted by Crippen LogP contribution is 2.24. The number of hydrogen-bond acceptors (Lipinski definition) is 5. The molecule has 0 spiro atoms. The molecule has 0 heterocycles. The van der Waals surface area contributed by atoms with Crippen molar-refractivity contribution < 1.29 is 19.3 Å². The molecule has 2 N–H and O–H groups in total. The van der Waals surface area contributed by atoms with E-state index >= 15 is 0 Å². The standard InChI is InChI=1S/C15H25NO4/c1-12(14-6-4-5-7-15(14)19-3)16-10-13(17)11-20-9-8-18-2/h4-7,12-13,16-17H,8-11H2,1-3H3/t12-,13?/m1/s1. The smallest absolute Gasteiger partial charge is 0.123 e. The molecule has 0 radical (unpaired) electrons. The summed E-state index contributed by atoms with van der Waals surface area (Å²) in [4.78, 5) is 0. The van der Waals surface area contributed by atoms with Crippen molar-refractivity contribution in [1.82, 2.24) is 5.32 Å². The Hall–Kier alpha value is -1.14. The molecule has 0 fully saturated rings. The normalized spacial score (nSPS) is 14.0.